The van der Waals surface area contributed by atoms with E-state index in [0.29, 0.717) is 13.1 Å². The molecule has 2 amide bonds. The fraction of sp³-hybridized carbons (Fsp3) is 0.643. The molecular weight excluding hydrogens is 322 g/mol. The zero-order valence-corrected chi connectivity index (χ0v) is 14.0. The molecule has 0 spiro atoms. The minimum absolute atomic E-state index is 0.101. The van der Waals surface area contributed by atoms with Crippen molar-refractivity contribution in [1.29, 1.82) is 0 Å². The quantitative estimate of drug-likeness (QED) is 0.790. The van der Waals surface area contributed by atoms with Crippen molar-refractivity contribution in [3.8, 4) is 0 Å². The fourth-order valence-electron chi connectivity index (χ4n) is 2.51. The molecular formula is C14H20BrN3O2. The van der Waals surface area contributed by atoms with E-state index in [1.54, 1.807) is 0 Å². The lowest BCUT2D eigenvalue weighted by atomic mass is 9.92. The van der Waals surface area contributed by atoms with Crippen molar-refractivity contribution >= 4 is 27.7 Å². The number of aromatic nitrogens is 2. The van der Waals surface area contributed by atoms with Gasteiger partial charge in [-0.1, -0.05) is 20.8 Å². The topological polar surface area (TPSA) is 55.2 Å². The first-order valence-corrected chi connectivity index (χ1v) is 7.70. The van der Waals surface area contributed by atoms with E-state index >= 15 is 0 Å². The van der Waals surface area contributed by atoms with Gasteiger partial charge in [-0.05, 0) is 29.3 Å². The molecule has 1 aliphatic heterocycles. The van der Waals surface area contributed by atoms with Crippen molar-refractivity contribution in [3.63, 3.8) is 0 Å². The first kappa shape index (κ1) is 15.2. The van der Waals surface area contributed by atoms with Gasteiger partial charge in [-0.25, -0.2) is 0 Å². The highest BCUT2D eigenvalue weighted by atomic mass is 79.9. The molecule has 2 heterocycles. The molecule has 0 aromatic carbocycles. The summed E-state index contributed by atoms with van der Waals surface area (Å²) in [7, 11) is 0. The molecule has 1 fully saturated rings. The summed E-state index contributed by atoms with van der Waals surface area (Å²) >= 11 is 3.55. The molecule has 1 aromatic heterocycles. The van der Waals surface area contributed by atoms with Crippen molar-refractivity contribution < 1.29 is 9.59 Å². The normalized spacial score (nSPS) is 18.1. The van der Waals surface area contributed by atoms with Gasteiger partial charge in [0.1, 0.15) is 0 Å². The largest absolute Gasteiger partial charge is 0.276 e. The van der Waals surface area contributed by atoms with E-state index < -0.39 is 5.41 Å². The van der Waals surface area contributed by atoms with Crippen LogP contribution in [0.3, 0.4) is 0 Å². The Hall–Kier alpha value is -1.17. The molecule has 110 valence electrons. The Bertz CT molecular complexity index is 563. The number of amides is 2. The summed E-state index contributed by atoms with van der Waals surface area (Å²) in [5, 5.41) is 4.50. The Balaban J connectivity index is 2.33. The minimum atomic E-state index is -0.589. The van der Waals surface area contributed by atoms with Crippen LogP contribution in [0, 0.1) is 5.41 Å². The number of hydrogen-bond donors (Lipinski definition) is 0. The lowest BCUT2D eigenvalue weighted by Gasteiger charge is -2.18. The number of nitrogens with zero attached hydrogens (tertiary/aromatic N) is 3. The van der Waals surface area contributed by atoms with Gasteiger partial charge in [0.05, 0.1) is 27.8 Å². The molecule has 20 heavy (non-hydrogen) atoms. The van der Waals surface area contributed by atoms with Crippen LogP contribution < -0.4 is 0 Å². The van der Waals surface area contributed by atoms with Crippen molar-refractivity contribution in [3.05, 3.63) is 15.9 Å². The number of aryl methyl sites for hydroxylation is 2. The highest BCUT2D eigenvalue weighted by Gasteiger charge is 2.45. The van der Waals surface area contributed by atoms with E-state index in [2.05, 4.69) is 21.0 Å². The molecule has 1 aromatic rings. The highest BCUT2D eigenvalue weighted by molar-refractivity contribution is 9.10. The number of imide groups is 1. The Kier molecular flexibility index (Phi) is 4.04. The lowest BCUT2D eigenvalue weighted by Crippen LogP contribution is -2.33. The summed E-state index contributed by atoms with van der Waals surface area (Å²) in [5.74, 6) is -0.204. The van der Waals surface area contributed by atoms with Crippen molar-refractivity contribution in [1.82, 2.24) is 14.7 Å². The van der Waals surface area contributed by atoms with E-state index in [1.165, 1.54) is 4.90 Å². The standard InChI is InChI=1S/C14H20BrN3O2/c1-5-9-12(15)10(18(6-2)16-9)8-17-11(19)7-14(3,4)13(17)20/h5-8H2,1-4H3. The first-order chi connectivity index (χ1) is 9.31. The summed E-state index contributed by atoms with van der Waals surface area (Å²) in [6, 6.07) is 0. The van der Waals surface area contributed by atoms with E-state index in [1.807, 2.05) is 32.4 Å². The molecule has 1 aliphatic rings. The predicted molar refractivity (Wildman–Crippen MR) is 78.9 cm³/mol. The highest BCUT2D eigenvalue weighted by Crippen LogP contribution is 2.34. The maximum atomic E-state index is 12.3. The van der Waals surface area contributed by atoms with Gasteiger partial charge >= 0.3 is 0 Å². The van der Waals surface area contributed by atoms with Crippen LogP contribution in [-0.2, 0) is 29.1 Å². The second-order valence-electron chi connectivity index (χ2n) is 5.72. The predicted octanol–water partition coefficient (Wildman–Crippen LogP) is 2.51. The third kappa shape index (κ3) is 2.41. The minimum Gasteiger partial charge on any atom is -0.276 e. The number of hydrogen-bond acceptors (Lipinski definition) is 3. The van der Waals surface area contributed by atoms with Gasteiger partial charge in [-0.15, -0.1) is 0 Å². The fourth-order valence-corrected chi connectivity index (χ4v) is 3.20. The molecule has 1 saturated heterocycles. The Morgan fingerprint density at radius 2 is 1.95 bits per heavy atom. The van der Waals surface area contributed by atoms with Crippen LogP contribution in [-0.4, -0.2) is 26.5 Å². The van der Waals surface area contributed by atoms with Gasteiger partial charge in [-0.3, -0.25) is 19.2 Å². The van der Waals surface area contributed by atoms with Crippen LogP contribution in [0.15, 0.2) is 4.47 Å². The number of likely N-dealkylation sites (tertiary alicyclic amines) is 1. The zero-order valence-electron chi connectivity index (χ0n) is 12.4. The van der Waals surface area contributed by atoms with E-state index in [9.17, 15) is 9.59 Å². The maximum Gasteiger partial charge on any atom is 0.235 e. The molecule has 0 unspecified atom stereocenters. The smallest absolute Gasteiger partial charge is 0.235 e. The molecule has 0 radical (unpaired) electrons. The van der Waals surface area contributed by atoms with Gasteiger partial charge in [0, 0.05) is 13.0 Å². The van der Waals surface area contributed by atoms with Crippen molar-refractivity contribution in [2.45, 2.75) is 53.6 Å². The molecule has 2 rings (SSSR count). The molecule has 0 bridgehead atoms. The third-order valence-electron chi connectivity index (χ3n) is 3.72. The second kappa shape index (κ2) is 5.31. The van der Waals surface area contributed by atoms with Gasteiger partial charge < -0.3 is 0 Å². The lowest BCUT2D eigenvalue weighted by molar-refractivity contribution is -0.141. The second-order valence-corrected chi connectivity index (χ2v) is 6.52. The summed E-state index contributed by atoms with van der Waals surface area (Å²) < 4.78 is 2.77. The van der Waals surface area contributed by atoms with Gasteiger partial charge in [0.15, 0.2) is 0 Å². The summed E-state index contributed by atoms with van der Waals surface area (Å²) in [6.45, 7) is 8.68. The van der Waals surface area contributed by atoms with Crippen molar-refractivity contribution in [2.75, 3.05) is 0 Å². The van der Waals surface area contributed by atoms with Crippen LogP contribution in [0.5, 0.6) is 0 Å². The van der Waals surface area contributed by atoms with Crippen LogP contribution >= 0.6 is 15.9 Å². The molecule has 0 saturated carbocycles. The zero-order chi connectivity index (χ0) is 15.1. The van der Waals surface area contributed by atoms with Crippen LogP contribution in [0.4, 0.5) is 0 Å². The summed E-state index contributed by atoms with van der Waals surface area (Å²) in [6.07, 6.45) is 1.10. The van der Waals surface area contributed by atoms with Crippen molar-refractivity contribution in [2.24, 2.45) is 5.41 Å². The monoisotopic (exact) mass is 341 g/mol. The summed E-state index contributed by atoms with van der Waals surface area (Å²) in [4.78, 5) is 25.7. The van der Waals surface area contributed by atoms with Gasteiger partial charge in [0.25, 0.3) is 0 Å². The van der Waals surface area contributed by atoms with Crippen LogP contribution in [0.25, 0.3) is 0 Å². The van der Waals surface area contributed by atoms with Crippen LogP contribution in [0.2, 0.25) is 0 Å². The molecule has 0 atom stereocenters. The molecule has 6 heteroatoms. The van der Waals surface area contributed by atoms with Crippen LogP contribution in [0.1, 0.15) is 45.5 Å². The van der Waals surface area contributed by atoms with Gasteiger partial charge in [-0.2, -0.15) is 5.10 Å². The number of carbonyl (C=O) groups excluding carboxylic acids is 2. The Labute approximate surface area is 127 Å². The van der Waals surface area contributed by atoms with E-state index in [4.69, 9.17) is 0 Å². The molecule has 0 N–H and O–H groups in total. The number of rotatable bonds is 4. The average molecular weight is 342 g/mol. The van der Waals surface area contributed by atoms with Gasteiger partial charge in [0.2, 0.25) is 11.8 Å². The average Bonchev–Trinajstić information content (AvgIpc) is 2.79. The first-order valence-electron chi connectivity index (χ1n) is 6.90. The molecule has 5 nitrogen and oxygen atoms in total. The third-order valence-corrected chi connectivity index (χ3v) is 4.64. The molecule has 0 aliphatic carbocycles. The van der Waals surface area contributed by atoms with E-state index in [-0.39, 0.29) is 18.2 Å². The Morgan fingerprint density at radius 3 is 2.40 bits per heavy atom. The SMILES string of the molecule is CCc1nn(CC)c(CN2C(=O)CC(C)(C)C2=O)c1Br. The number of carbonyl (C=O) groups is 2. The maximum absolute atomic E-state index is 12.3. The number of halogens is 1. The van der Waals surface area contributed by atoms with E-state index in [0.717, 1.165) is 22.3 Å². The summed E-state index contributed by atoms with van der Waals surface area (Å²) in [5.41, 5.74) is 1.26. The Morgan fingerprint density at radius 1 is 1.30 bits per heavy atom.